The van der Waals surface area contributed by atoms with Crippen molar-refractivity contribution in [2.45, 2.75) is 18.8 Å². The van der Waals surface area contributed by atoms with Crippen LogP contribution in [-0.4, -0.2) is 70.3 Å². The number of piperidine rings is 1. The highest BCUT2D eigenvalue weighted by atomic mass is 16.5. The number of hydrogen-bond donors (Lipinski definition) is 1. The van der Waals surface area contributed by atoms with E-state index in [4.69, 9.17) is 4.74 Å². The third kappa shape index (κ3) is 3.85. The number of carbonyl (C=O) groups is 1. The smallest absolute Gasteiger partial charge is 0.276 e. The van der Waals surface area contributed by atoms with Crippen molar-refractivity contribution < 1.29 is 14.6 Å². The van der Waals surface area contributed by atoms with Crippen molar-refractivity contribution in [1.29, 1.82) is 0 Å². The first-order valence-corrected chi connectivity index (χ1v) is 9.30. The molecule has 0 radical (unpaired) electrons. The molecular formula is C19H23N5O3. The Morgan fingerprint density at radius 1 is 1.19 bits per heavy atom. The van der Waals surface area contributed by atoms with Crippen LogP contribution in [0.4, 0.5) is 5.82 Å². The maximum atomic E-state index is 12.8. The molecule has 142 valence electrons. The van der Waals surface area contributed by atoms with Crippen LogP contribution in [0.15, 0.2) is 30.7 Å². The Morgan fingerprint density at radius 3 is 2.85 bits per heavy atom. The minimum absolute atomic E-state index is 0.0822. The van der Waals surface area contributed by atoms with Crippen LogP contribution in [0.5, 0.6) is 5.75 Å². The molecule has 1 atom stereocenters. The summed E-state index contributed by atoms with van der Waals surface area (Å²) in [7, 11) is 0. The number of morpholine rings is 1. The number of likely N-dealkylation sites (tertiary alicyclic amines) is 1. The Kier molecular flexibility index (Phi) is 5.15. The summed E-state index contributed by atoms with van der Waals surface area (Å²) in [6, 6.07) is 5.13. The molecule has 2 aromatic rings. The molecule has 0 aliphatic carbocycles. The van der Waals surface area contributed by atoms with E-state index in [1.165, 1.54) is 12.3 Å². The molecule has 8 heteroatoms. The van der Waals surface area contributed by atoms with Crippen molar-refractivity contribution in [3.05, 3.63) is 42.1 Å². The van der Waals surface area contributed by atoms with Gasteiger partial charge in [-0.25, -0.2) is 15.0 Å². The number of amides is 1. The van der Waals surface area contributed by atoms with Gasteiger partial charge in [-0.3, -0.25) is 4.79 Å². The van der Waals surface area contributed by atoms with Gasteiger partial charge in [0.1, 0.15) is 17.9 Å². The second kappa shape index (κ2) is 7.87. The molecule has 2 aliphatic rings. The second-order valence-corrected chi connectivity index (χ2v) is 6.86. The summed E-state index contributed by atoms with van der Waals surface area (Å²) in [6.07, 6.45) is 4.98. The van der Waals surface area contributed by atoms with Crippen LogP contribution in [0.2, 0.25) is 0 Å². The van der Waals surface area contributed by atoms with E-state index < -0.39 is 0 Å². The van der Waals surface area contributed by atoms with Gasteiger partial charge in [-0.15, -0.1) is 0 Å². The zero-order valence-corrected chi connectivity index (χ0v) is 15.1. The van der Waals surface area contributed by atoms with Crippen molar-refractivity contribution in [2.75, 3.05) is 44.3 Å². The van der Waals surface area contributed by atoms with Gasteiger partial charge in [0.05, 0.1) is 18.9 Å². The molecule has 27 heavy (non-hydrogen) atoms. The van der Waals surface area contributed by atoms with E-state index in [0.29, 0.717) is 26.3 Å². The summed E-state index contributed by atoms with van der Waals surface area (Å²) in [5.41, 5.74) is 1.06. The number of carbonyl (C=O) groups excluding carboxylic acids is 1. The van der Waals surface area contributed by atoms with Gasteiger partial charge < -0.3 is 19.6 Å². The van der Waals surface area contributed by atoms with E-state index in [9.17, 15) is 9.90 Å². The lowest BCUT2D eigenvalue weighted by Gasteiger charge is -2.33. The summed E-state index contributed by atoms with van der Waals surface area (Å²) >= 11 is 0. The summed E-state index contributed by atoms with van der Waals surface area (Å²) in [5, 5.41) is 9.93. The average Bonchev–Trinajstić information content (AvgIpc) is 2.74. The Morgan fingerprint density at radius 2 is 2.04 bits per heavy atom. The Bertz CT molecular complexity index is 809. The molecule has 8 nitrogen and oxygen atoms in total. The molecule has 0 unspecified atom stereocenters. The molecule has 0 aromatic carbocycles. The van der Waals surface area contributed by atoms with E-state index in [2.05, 4.69) is 19.9 Å². The molecule has 1 amide bonds. The van der Waals surface area contributed by atoms with Gasteiger partial charge >= 0.3 is 0 Å². The first kappa shape index (κ1) is 17.7. The monoisotopic (exact) mass is 369 g/mol. The Balaban J connectivity index is 1.50. The van der Waals surface area contributed by atoms with Gasteiger partial charge in [-0.05, 0) is 25.0 Å². The average molecular weight is 369 g/mol. The second-order valence-electron chi connectivity index (χ2n) is 6.86. The summed E-state index contributed by atoms with van der Waals surface area (Å²) in [4.78, 5) is 29.6. The van der Waals surface area contributed by atoms with Gasteiger partial charge in [0.15, 0.2) is 5.69 Å². The number of hydrogen-bond acceptors (Lipinski definition) is 7. The SMILES string of the molecule is O=C(c1ncccc1O)N1CCC[C@@H](c2cc(N3CCOCC3)ncn2)C1. The zero-order chi connectivity index (χ0) is 18.6. The molecule has 4 rings (SSSR count). The predicted molar refractivity (Wildman–Crippen MR) is 98.8 cm³/mol. The fraction of sp³-hybridized carbons (Fsp3) is 0.474. The van der Waals surface area contributed by atoms with E-state index in [0.717, 1.165) is 37.4 Å². The minimum Gasteiger partial charge on any atom is -0.505 e. The van der Waals surface area contributed by atoms with E-state index in [1.54, 1.807) is 17.3 Å². The van der Waals surface area contributed by atoms with Gasteiger partial charge in [0, 0.05) is 44.4 Å². The van der Waals surface area contributed by atoms with Gasteiger partial charge in [-0.2, -0.15) is 0 Å². The number of rotatable bonds is 3. The topological polar surface area (TPSA) is 91.7 Å². The molecule has 0 saturated carbocycles. The number of anilines is 1. The van der Waals surface area contributed by atoms with Crippen LogP contribution < -0.4 is 4.90 Å². The molecule has 2 fully saturated rings. The standard InChI is InChI=1S/C19H23N5O3/c25-16-4-1-5-20-18(16)19(26)24-6-2-3-14(12-24)15-11-17(22-13-21-15)23-7-9-27-10-8-23/h1,4-5,11,13-14,25H,2-3,6-10,12H2/t14-/m1/s1. The first-order chi connectivity index (χ1) is 13.2. The zero-order valence-electron chi connectivity index (χ0n) is 15.1. The third-order valence-corrected chi connectivity index (χ3v) is 5.12. The molecule has 2 aliphatic heterocycles. The van der Waals surface area contributed by atoms with Crippen molar-refractivity contribution >= 4 is 11.7 Å². The summed E-state index contributed by atoms with van der Waals surface area (Å²) in [5.74, 6) is 0.743. The van der Waals surface area contributed by atoms with Gasteiger partial charge in [0.2, 0.25) is 0 Å². The highest BCUT2D eigenvalue weighted by Gasteiger charge is 2.28. The van der Waals surface area contributed by atoms with Crippen molar-refractivity contribution in [3.8, 4) is 5.75 Å². The molecule has 0 spiro atoms. The molecule has 4 heterocycles. The fourth-order valence-electron chi connectivity index (χ4n) is 3.66. The predicted octanol–water partition coefficient (Wildman–Crippen LogP) is 1.43. The normalized spacial score (nSPS) is 20.5. The van der Waals surface area contributed by atoms with Crippen LogP contribution in [-0.2, 0) is 4.74 Å². The van der Waals surface area contributed by atoms with E-state index in [1.807, 2.05) is 6.07 Å². The largest absolute Gasteiger partial charge is 0.505 e. The van der Waals surface area contributed by atoms with Gasteiger partial charge in [0.25, 0.3) is 5.91 Å². The Labute approximate surface area is 157 Å². The highest BCUT2D eigenvalue weighted by Crippen LogP contribution is 2.29. The quantitative estimate of drug-likeness (QED) is 0.875. The number of nitrogens with zero attached hydrogens (tertiary/aromatic N) is 5. The molecule has 2 saturated heterocycles. The van der Waals surface area contributed by atoms with E-state index >= 15 is 0 Å². The van der Waals surface area contributed by atoms with Crippen molar-refractivity contribution in [2.24, 2.45) is 0 Å². The first-order valence-electron chi connectivity index (χ1n) is 9.30. The van der Waals surface area contributed by atoms with Crippen LogP contribution in [0.25, 0.3) is 0 Å². The number of ether oxygens (including phenoxy) is 1. The lowest BCUT2D eigenvalue weighted by Crippen LogP contribution is -2.40. The molecular weight excluding hydrogens is 346 g/mol. The fourth-order valence-corrected chi connectivity index (χ4v) is 3.66. The van der Waals surface area contributed by atoms with E-state index in [-0.39, 0.29) is 23.3 Å². The maximum absolute atomic E-state index is 12.8. The Hall–Kier alpha value is -2.74. The van der Waals surface area contributed by atoms with Crippen LogP contribution >= 0.6 is 0 Å². The molecule has 1 N–H and O–H groups in total. The van der Waals surface area contributed by atoms with Crippen LogP contribution in [0.3, 0.4) is 0 Å². The molecule has 0 bridgehead atoms. The van der Waals surface area contributed by atoms with Crippen LogP contribution in [0.1, 0.15) is 34.9 Å². The lowest BCUT2D eigenvalue weighted by atomic mass is 9.94. The molecule has 2 aromatic heterocycles. The van der Waals surface area contributed by atoms with Crippen molar-refractivity contribution in [1.82, 2.24) is 19.9 Å². The highest BCUT2D eigenvalue weighted by molar-refractivity contribution is 5.94. The van der Waals surface area contributed by atoms with Crippen molar-refractivity contribution in [3.63, 3.8) is 0 Å². The lowest BCUT2D eigenvalue weighted by molar-refractivity contribution is 0.0696. The number of aromatic hydroxyl groups is 1. The third-order valence-electron chi connectivity index (χ3n) is 5.12. The summed E-state index contributed by atoms with van der Waals surface area (Å²) in [6.45, 7) is 4.29. The number of aromatic nitrogens is 3. The maximum Gasteiger partial charge on any atom is 0.276 e. The minimum atomic E-state index is -0.236. The van der Waals surface area contributed by atoms with Gasteiger partial charge in [-0.1, -0.05) is 0 Å². The van der Waals surface area contributed by atoms with Crippen LogP contribution in [0, 0.1) is 0 Å². The number of pyridine rings is 1. The summed E-state index contributed by atoms with van der Waals surface area (Å²) < 4.78 is 5.40.